The molecule has 4 heteroatoms. The number of aromatic nitrogens is 3. The van der Waals surface area contributed by atoms with E-state index in [1.165, 1.54) is 0 Å². The molecule has 30 heavy (non-hydrogen) atoms. The second-order valence-electron chi connectivity index (χ2n) is 7.17. The summed E-state index contributed by atoms with van der Waals surface area (Å²) in [5.41, 5.74) is 6.89. The normalized spacial score (nSPS) is 11.1. The zero-order valence-corrected chi connectivity index (χ0v) is 16.7. The number of para-hydroxylation sites is 2. The number of nitrogens with zero attached hydrogens (tertiary/aromatic N) is 3. The minimum atomic E-state index is 0.237. The molecular weight excluding hydrogens is 370 g/mol. The van der Waals surface area contributed by atoms with E-state index in [4.69, 9.17) is 4.98 Å². The van der Waals surface area contributed by atoms with E-state index in [0.717, 1.165) is 51.4 Å². The zero-order valence-electron chi connectivity index (χ0n) is 16.7. The highest BCUT2D eigenvalue weighted by molar-refractivity contribution is 5.95. The number of imidazole rings is 1. The van der Waals surface area contributed by atoms with Crippen molar-refractivity contribution in [3.05, 3.63) is 91.1 Å². The lowest BCUT2D eigenvalue weighted by Gasteiger charge is -2.08. The second kappa shape index (κ2) is 7.48. The average Bonchev–Trinajstić information content (AvgIpc) is 3.18. The summed E-state index contributed by atoms with van der Waals surface area (Å²) in [4.78, 5) is 9.46. The van der Waals surface area contributed by atoms with Crippen molar-refractivity contribution in [3.63, 3.8) is 0 Å². The van der Waals surface area contributed by atoms with E-state index in [-0.39, 0.29) is 5.75 Å². The molecule has 4 nitrogen and oxygen atoms in total. The van der Waals surface area contributed by atoms with E-state index in [0.29, 0.717) is 0 Å². The van der Waals surface area contributed by atoms with Crippen molar-refractivity contribution >= 4 is 11.0 Å². The van der Waals surface area contributed by atoms with Crippen LogP contribution in [0.2, 0.25) is 0 Å². The van der Waals surface area contributed by atoms with Gasteiger partial charge in [-0.1, -0.05) is 48.5 Å². The van der Waals surface area contributed by atoms with Crippen molar-refractivity contribution < 1.29 is 5.11 Å². The van der Waals surface area contributed by atoms with Gasteiger partial charge in [-0.2, -0.15) is 0 Å². The maximum Gasteiger partial charge on any atom is 0.144 e. The SMILES string of the molecule is CCn1c(-c2ccccc2O)nc2c(-c3cccc(-c4ccccn4)c3)cccc21. The molecule has 2 aromatic heterocycles. The van der Waals surface area contributed by atoms with E-state index in [1.807, 2.05) is 42.6 Å². The maximum atomic E-state index is 10.4. The molecular formula is C26H21N3O. The number of hydrogen-bond donors (Lipinski definition) is 1. The van der Waals surface area contributed by atoms with Gasteiger partial charge in [0.2, 0.25) is 0 Å². The predicted octanol–water partition coefficient (Wildman–Crippen LogP) is 6.16. The van der Waals surface area contributed by atoms with Crippen LogP contribution in [0.15, 0.2) is 91.1 Å². The smallest absolute Gasteiger partial charge is 0.144 e. The lowest BCUT2D eigenvalue weighted by molar-refractivity contribution is 0.476. The Kier molecular flexibility index (Phi) is 4.52. The molecule has 2 heterocycles. The molecule has 0 fully saturated rings. The molecule has 0 bridgehead atoms. The molecule has 0 aliphatic rings. The van der Waals surface area contributed by atoms with Crippen LogP contribution in [0, 0.1) is 0 Å². The number of rotatable bonds is 4. The van der Waals surface area contributed by atoms with Gasteiger partial charge >= 0.3 is 0 Å². The molecule has 0 aliphatic carbocycles. The number of benzene rings is 3. The number of hydrogen-bond acceptors (Lipinski definition) is 3. The number of aromatic hydroxyl groups is 1. The number of phenols is 1. The third kappa shape index (κ3) is 3.03. The third-order valence-corrected chi connectivity index (χ3v) is 5.37. The van der Waals surface area contributed by atoms with Crippen LogP contribution < -0.4 is 0 Å². The monoisotopic (exact) mass is 391 g/mol. The highest BCUT2D eigenvalue weighted by atomic mass is 16.3. The fourth-order valence-electron chi connectivity index (χ4n) is 3.95. The number of phenolic OH excluding ortho intramolecular Hbond substituents is 1. The molecule has 0 atom stereocenters. The third-order valence-electron chi connectivity index (χ3n) is 5.37. The molecule has 3 aromatic carbocycles. The van der Waals surface area contributed by atoms with Crippen molar-refractivity contribution in [2.45, 2.75) is 13.5 Å². The van der Waals surface area contributed by atoms with Crippen LogP contribution in [0.1, 0.15) is 6.92 Å². The van der Waals surface area contributed by atoms with Gasteiger partial charge in [-0.15, -0.1) is 0 Å². The summed E-state index contributed by atoms with van der Waals surface area (Å²) in [6.45, 7) is 2.86. The van der Waals surface area contributed by atoms with Gasteiger partial charge in [0.25, 0.3) is 0 Å². The van der Waals surface area contributed by atoms with Crippen LogP contribution in [0.25, 0.3) is 44.8 Å². The fourth-order valence-corrected chi connectivity index (χ4v) is 3.95. The molecule has 0 spiro atoms. The number of fused-ring (bicyclic) bond motifs is 1. The van der Waals surface area contributed by atoms with Crippen LogP contribution in [-0.2, 0) is 6.54 Å². The molecule has 5 aromatic rings. The van der Waals surface area contributed by atoms with Crippen LogP contribution >= 0.6 is 0 Å². The molecule has 0 unspecified atom stereocenters. The Morgan fingerprint density at radius 2 is 1.57 bits per heavy atom. The van der Waals surface area contributed by atoms with Gasteiger partial charge in [0.15, 0.2) is 0 Å². The van der Waals surface area contributed by atoms with Crippen molar-refractivity contribution in [3.8, 4) is 39.5 Å². The van der Waals surface area contributed by atoms with Gasteiger partial charge in [0, 0.05) is 23.9 Å². The predicted molar refractivity (Wildman–Crippen MR) is 121 cm³/mol. The van der Waals surface area contributed by atoms with Crippen molar-refractivity contribution in [2.24, 2.45) is 0 Å². The highest BCUT2D eigenvalue weighted by Crippen LogP contribution is 2.35. The summed E-state index contributed by atoms with van der Waals surface area (Å²) in [5, 5.41) is 10.4. The molecule has 1 N–H and O–H groups in total. The second-order valence-corrected chi connectivity index (χ2v) is 7.17. The Balaban J connectivity index is 1.71. The molecule has 0 aliphatic heterocycles. The topological polar surface area (TPSA) is 50.9 Å². The molecule has 0 radical (unpaired) electrons. The summed E-state index contributed by atoms with van der Waals surface area (Å²) < 4.78 is 2.15. The minimum Gasteiger partial charge on any atom is -0.507 e. The quantitative estimate of drug-likeness (QED) is 0.399. The summed E-state index contributed by atoms with van der Waals surface area (Å²) in [6.07, 6.45) is 1.81. The number of aryl methyl sites for hydroxylation is 1. The van der Waals surface area contributed by atoms with Crippen molar-refractivity contribution in [1.82, 2.24) is 14.5 Å². The van der Waals surface area contributed by atoms with Crippen molar-refractivity contribution in [2.75, 3.05) is 0 Å². The lowest BCUT2D eigenvalue weighted by atomic mass is 10.0. The van der Waals surface area contributed by atoms with Crippen LogP contribution in [-0.4, -0.2) is 19.6 Å². The van der Waals surface area contributed by atoms with Crippen molar-refractivity contribution in [1.29, 1.82) is 0 Å². The first-order valence-electron chi connectivity index (χ1n) is 10.1. The summed E-state index contributed by atoms with van der Waals surface area (Å²) in [6, 6.07) is 27.9. The van der Waals surface area contributed by atoms with Gasteiger partial charge in [0.1, 0.15) is 11.6 Å². The van der Waals surface area contributed by atoms with Crippen LogP contribution in [0.5, 0.6) is 5.75 Å². The Bertz CT molecular complexity index is 1340. The zero-order chi connectivity index (χ0) is 20.5. The van der Waals surface area contributed by atoms with E-state index in [2.05, 4.69) is 58.9 Å². The maximum absolute atomic E-state index is 10.4. The summed E-state index contributed by atoms with van der Waals surface area (Å²) in [5.74, 6) is 1.01. The van der Waals surface area contributed by atoms with Gasteiger partial charge < -0.3 is 9.67 Å². The average molecular weight is 391 g/mol. The van der Waals surface area contributed by atoms with E-state index in [1.54, 1.807) is 6.07 Å². The first-order chi connectivity index (χ1) is 14.8. The minimum absolute atomic E-state index is 0.237. The summed E-state index contributed by atoms with van der Waals surface area (Å²) >= 11 is 0. The Morgan fingerprint density at radius 1 is 0.800 bits per heavy atom. The number of pyridine rings is 1. The highest BCUT2D eigenvalue weighted by Gasteiger charge is 2.17. The van der Waals surface area contributed by atoms with E-state index < -0.39 is 0 Å². The fraction of sp³-hybridized carbons (Fsp3) is 0.0769. The Morgan fingerprint density at radius 3 is 2.37 bits per heavy atom. The Hall–Kier alpha value is -3.92. The van der Waals surface area contributed by atoms with Gasteiger partial charge in [0.05, 0.1) is 22.3 Å². The van der Waals surface area contributed by atoms with Gasteiger partial charge in [-0.3, -0.25) is 4.98 Å². The molecule has 146 valence electrons. The standard InChI is InChI=1S/C26H21N3O/c1-2-29-23-14-8-12-20(25(23)28-26(29)21-11-3-4-15-24(21)30)18-9-7-10-19(17-18)22-13-5-6-16-27-22/h3-17,30H,2H2,1H3. The Labute approximate surface area is 175 Å². The summed E-state index contributed by atoms with van der Waals surface area (Å²) in [7, 11) is 0. The van der Waals surface area contributed by atoms with Gasteiger partial charge in [-0.05, 0) is 48.9 Å². The molecule has 0 amide bonds. The van der Waals surface area contributed by atoms with Gasteiger partial charge in [-0.25, -0.2) is 4.98 Å². The lowest BCUT2D eigenvalue weighted by Crippen LogP contribution is -1.97. The molecule has 0 saturated heterocycles. The molecule has 5 rings (SSSR count). The first kappa shape index (κ1) is 18.1. The molecule has 0 saturated carbocycles. The van der Waals surface area contributed by atoms with E-state index >= 15 is 0 Å². The van der Waals surface area contributed by atoms with Crippen LogP contribution in [0.4, 0.5) is 0 Å². The largest absolute Gasteiger partial charge is 0.507 e. The first-order valence-corrected chi connectivity index (χ1v) is 10.1. The van der Waals surface area contributed by atoms with Crippen LogP contribution in [0.3, 0.4) is 0 Å². The van der Waals surface area contributed by atoms with E-state index in [9.17, 15) is 5.11 Å².